The third-order valence-corrected chi connectivity index (χ3v) is 3.49. The van der Waals surface area contributed by atoms with Crippen LogP contribution in [0.1, 0.15) is 64.2 Å². The molecule has 0 unspecified atom stereocenters. The number of carboxylic acid groups (broad SMARTS) is 1. The van der Waals surface area contributed by atoms with Crippen molar-refractivity contribution in [1.29, 1.82) is 0 Å². The van der Waals surface area contributed by atoms with Crippen LogP contribution in [0, 0.1) is 0 Å². The second-order valence-corrected chi connectivity index (χ2v) is 6.19. The third-order valence-electron chi connectivity index (χ3n) is 3.49. The van der Waals surface area contributed by atoms with E-state index in [1.807, 2.05) is 20.8 Å². The second kappa shape index (κ2) is 5.19. The first-order valence-electron chi connectivity index (χ1n) is 6.69. The first-order valence-corrected chi connectivity index (χ1v) is 6.69. The number of nitrogens with zero attached hydrogens (tertiary/aromatic N) is 2. The molecular formula is C13H21N3O3. The van der Waals surface area contributed by atoms with E-state index in [4.69, 9.17) is 9.52 Å². The van der Waals surface area contributed by atoms with Crippen LogP contribution in [0.25, 0.3) is 0 Å². The van der Waals surface area contributed by atoms with Crippen molar-refractivity contribution in [2.24, 2.45) is 0 Å². The second-order valence-electron chi connectivity index (χ2n) is 6.19. The first-order chi connectivity index (χ1) is 8.86. The minimum Gasteiger partial charge on any atom is -0.465 e. The average Bonchev–Trinajstić information content (AvgIpc) is 2.78. The molecule has 6 nitrogen and oxygen atoms in total. The maximum absolute atomic E-state index is 10.6. The summed E-state index contributed by atoms with van der Waals surface area (Å²) in [6.07, 6.45) is 2.47. The molecule has 0 aromatic carbocycles. The van der Waals surface area contributed by atoms with Crippen LogP contribution in [-0.4, -0.2) is 27.4 Å². The zero-order chi connectivity index (χ0) is 14.0. The maximum Gasteiger partial charge on any atom is 0.404 e. The summed E-state index contributed by atoms with van der Waals surface area (Å²) in [6, 6.07) is 0.0544. The molecular weight excluding hydrogens is 246 g/mol. The van der Waals surface area contributed by atoms with Gasteiger partial charge in [0.05, 0.1) is 0 Å². The third kappa shape index (κ3) is 3.45. The number of aromatic nitrogens is 2. The number of carbonyl (C=O) groups is 1. The first kappa shape index (κ1) is 13.8. The normalized spacial score (nSPS) is 24.2. The average molecular weight is 267 g/mol. The van der Waals surface area contributed by atoms with E-state index in [9.17, 15) is 4.79 Å². The highest BCUT2D eigenvalue weighted by atomic mass is 16.4. The quantitative estimate of drug-likeness (QED) is 0.860. The summed E-state index contributed by atoms with van der Waals surface area (Å²) in [4.78, 5) is 10.6. The number of nitrogens with one attached hydrogen (secondary N) is 1. The van der Waals surface area contributed by atoms with E-state index in [1.165, 1.54) is 0 Å². The van der Waals surface area contributed by atoms with Gasteiger partial charge in [-0.3, -0.25) is 0 Å². The number of rotatable bonds is 2. The summed E-state index contributed by atoms with van der Waals surface area (Å²) in [7, 11) is 0. The predicted octanol–water partition coefficient (Wildman–Crippen LogP) is 2.66. The standard InChI is InChI=1S/C13H21N3O3/c1-13(2,3)11-16-15-10(19-11)8-4-6-9(7-5-8)14-12(17)18/h8-9,14H,4-7H2,1-3H3,(H,17,18). The summed E-state index contributed by atoms with van der Waals surface area (Å²) in [6.45, 7) is 6.12. The molecule has 1 aromatic rings. The topological polar surface area (TPSA) is 88.2 Å². The molecule has 1 fully saturated rings. The van der Waals surface area contributed by atoms with Crippen LogP contribution in [0.4, 0.5) is 4.79 Å². The minimum absolute atomic E-state index is 0.0544. The highest BCUT2D eigenvalue weighted by Crippen LogP contribution is 2.33. The Labute approximate surface area is 112 Å². The van der Waals surface area contributed by atoms with Crippen LogP contribution in [0.15, 0.2) is 4.42 Å². The SMILES string of the molecule is CC(C)(C)c1nnc(C2CCC(NC(=O)O)CC2)o1. The van der Waals surface area contributed by atoms with E-state index in [0.29, 0.717) is 11.8 Å². The van der Waals surface area contributed by atoms with E-state index < -0.39 is 6.09 Å². The van der Waals surface area contributed by atoms with Gasteiger partial charge in [-0.05, 0) is 25.7 Å². The molecule has 0 atom stereocenters. The van der Waals surface area contributed by atoms with Gasteiger partial charge in [0.15, 0.2) is 0 Å². The predicted molar refractivity (Wildman–Crippen MR) is 69.2 cm³/mol. The summed E-state index contributed by atoms with van der Waals surface area (Å²) < 4.78 is 5.74. The lowest BCUT2D eigenvalue weighted by Crippen LogP contribution is -2.36. The van der Waals surface area contributed by atoms with Gasteiger partial charge in [0, 0.05) is 17.4 Å². The van der Waals surface area contributed by atoms with Crippen LogP contribution in [0.5, 0.6) is 0 Å². The highest BCUT2D eigenvalue weighted by molar-refractivity contribution is 5.64. The molecule has 1 aromatic heterocycles. The van der Waals surface area contributed by atoms with Crippen molar-refractivity contribution in [1.82, 2.24) is 15.5 Å². The molecule has 2 N–H and O–H groups in total. The lowest BCUT2D eigenvalue weighted by Gasteiger charge is -2.26. The molecule has 0 aliphatic heterocycles. The fourth-order valence-corrected chi connectivity index (χ4v) is 2.36. The van der Waals surface area contributed by atoms with Gasteiger partial charge in [-0.25, -0.2) is 4.79 Å². The number of hydrogen-bond donors (Lipinski definition) is 2. The van der Waals surface area contributed by atoms with Gasteiger partial charge in [-0.1, -0.05) is 20.8 Å². The minimum atomic E-state index is -0.948. The van der Waals surface area contributed by atoms with Crippen molar-refractivity contribution in [2.75, 3.05) is 0 Å². The van der Waals surface area contributed by atoms with Crippen LogP contribution in [-0.2, 0) is 5.41 Å². The molecule has 19 heavy (non-hydrogen) atoms. The number of hydrogen-bond acceptors (Lipinski definition) is 4. The van der Waals surface area contributed by atoms with Crippen LogP contribution >= 0.6 is 0 Å². The van der Waals surface area contributed by atoms with Crippen LogP contribution in [0.3, 0.4) is 0 Å². The van der Waals surface area contributed by atoms with E-state index in [2.05, 4.69) is 15.5 Å². The van der Waals surface area contributed by atoms with E-state index in [-0.39, 0.29) is 17.4 Å². The molecule has 0 bridgehead atoms. The fourth-order valence-electron chi connectivity index (χ4n) is 2.36. The monoisotopic (exact) mass is 267 g/mol. The van der Waals surface area contributed by atoms with Crippen molar-refractivity contribution in [3.8, 4) is 0 Å². The molecule has 2 rings (SSSR count). The van der Waals surface area contributed by atoms with Crippen molar-refractivity contribution in [3.05, 3.63) is 11.8 Å². The van der Waals surface area contributed by atoms with Gasteiger partial charge in [0.2, 0.25) is 11.8 Å². The molecule has 106 valence electrons. The Morgan fingerprint density at radius 1 is 1.26 bits per heavy atom. The summed E-state index contributed by atoms with van der Waals surface area (Å²) in [5, 5.41) is 19.5. The maximum atomic E-state index is 10.6. The Morgan fingerprint density at radius 2 is 1.89 bits per heavy atom. The summed E-state index contributed by atoms with van der Waals surface area (Å²) in [5.41, 5.74) is -0.132. The lowest BCUT2D eigenvalue weighted by molar-refractivity contribution is 0.184. The van der Waals surface area contributed by atoms with Crippen LogP contribution < -0.4 is 5.32 Å². The van der Waals surface area contributed by atoms with Gasteiger partial charge in [0.1, 0.15) is 0 Å². The fraction of sp³-hybridized carbons (Fsp3) is 0.769. The number of amides is 1. The van der Waals surface area contributed by atoms with Crippen LogP contribution in [0.2, 0.25) is 0 Å². The molecule has 1 heterocycles. The molecule has 0 saturated heterocycles. The Kier molecular flexibility index (Phi) is 3.78. The zero-order valence-electron chi connectivity index (χ0n) is 11.6. The Balaban J connectivity index is 1.94. The van der Waals surface area contributed by atoms with Gasteiger partial charge in [-0.15, -0.1) is 10.2 Å². The smallest absolute Gasteiger partial charge is 0.404 e. The Morgan fingerprint density at radius 3 is 2.37 bits per heavy atom. The highest BCUT2D eigenvalue weighted by Gasteiger charge is 2.29. The Bertz CT molecular complexity index is 442. The molecule has 1 aliphatic carbocycles. The molecule has 1 saturated carbocycles. The molecule has 0 radical (unpaired) electrons. The summed E-state index contributed by atoms with van der Waals surface area (Å²) >= 11 is 0. The van der Waals surface area contributed by atoms with Gasteiger partial charge in [-0.2, -0.15) is 0 Å². The van der Waals surface area contributed by atoms with E-state index in [0.717, 1.165) is 25.7 Å². The van der Waals surface area contributed by atoms with Crippen molar-refractivity contribution in [2.45, 2.75) is 63.8 Å². The van der Waals surface area contributed by atoms with E-state index >= 15 is 0 Å². The van der Waals surface area contributed by atoms with Crippen molar-refractivity contribution >= 4 is 6.09 Å². The van der Waals surface area contributed by atoms with Gasteiger partial charge in [0.25, 0.3) is 0 Å². The molecule has 6 heteroatoms. The Hall–Kier alpha value is -1.59. The molecule has 0 spiro atoms. The van der Waals surface area contributed by atoms with Gasteiger partial charge >= 0.3 is 6.09 Å². The molecule has 1 amide bonds. The molecule has 1 aliphatic rings. The lowest BCUT2D eigenvalue weighted by atomic mass is 9.86. The largest absolute Gasteiger partial charge is 0.465 e. The zero-order valence-corrected chi connectivity index (χ0v) is 11.6. The van der Waals surface area contributed by atoms with Crippen molar-refractivity contribution in [3.63, 3.8) is 0 Å². The van der Waals surface area contributed by atoms with Crippen molar-refractivity contribution < 1.29 is 14.3 Å². The van der Waals surface area contributed by atoms with E-state index in [1.54, 1.807) is 0 Å². The summed E-state index contributed by atoms with van der Waals surface area (Å²) in [5.74, 6) is 1.61. The van der Waals surface area contributed by atoms with Gasteiger partial charge < -0.3 is 14.8 Å².